The van der Waals surface area contributed by atoms with Crippen molar-refractivity contribution in [1.82, 2.24) is 4.98 Å². The van der Waals surface area contributed by atoms with Crippen molar-refractivity contribution in [2.45, 2.75) is 19.8 Å². The van der Waals surface area contributed by atoms with Gasteiger partial charge in [0.2, 0.25) is 5.91 Å². The van der Waals surface area contributed by atoms with E-state index in [2.05, 4.69) is 41.5 Å². The van der Waals surface area contributed by atoms with Gasteiger partial charge in [0.1, 0.15) is 0 Å². The first-order valence-corrected chi connectivity index (χ1v) is 7.38. The van der Waals surface area contributed by atoms with Gasteiger partial charge in [-0.3, -0.25) is 4.79 Å². The van der Waals surface area contributed by atoms with Gasteiger partial charge < -0.3 is 5.32 Å². The molecule has 5 heteroatoms. The highest BCUT2D eigenvalue weighted by Crippen LogP contribution is 2.21. The molecule has 0 saturated heterocycles. The summed E-state index contributed by atoms with van der Waals surface area (Å²) < 4.78 is 0. The summed E-state index contributed by atoms with van der Waals surface area (Å²) in [5, 5.41) is 3.38. The average molecular weight is 295 g/mol. The summed E-state index contributed by atoms with van der Waals surface area (Å²) in [4.78, 5) is 16.7. The Kier molecular flexibility index (Phi) is 4.93. The number of nitrogens with one attached hydrogen (secondary N) is 1. The highest BCUT2D eigenvalue weighted by atomic mass is 35.5. The minimum absolute atomic E-state index is 0.0914. The van der Waals surface area contributed by atoms with E-state index < -0.39 is 0 Å². The molecule has 2 rings (SSSR count). The van der Waals surface area contributed by atoms with Gasteiger partial charge >= 0.3 is 0 Å². The molecule has 1 aromatic heterocycles. The molecule has 0 radical (unpaired) electrons. The number of thiazole rings is 1. The molecule has 19 heavy (non-hydrogen) atoms. The van der Waals surface area contributed by atoms with Crippen molar-refractivity contribution in [2.75, 3.05) is 11.2 Å². The third kappa shape index (κ3) is 4.33. The third-order valence-corrected chi connectivity index (χ3v) is 3.72. The summed E-state index contributed by atoms with van der Waals surface area (Å²) in [6.45, 7) is 2.07. The summed E-state index contributed by atoms with van der Waals surface area (Å²) in [6.07, 6.45) is 2.96. The molecule has 2 aromatic rings. The lowest BCUT2D eigenvalue weighted by molar-refractivity contribution is -0.115. The van der Waals surface area contributed by atoms with Gasteiger partial charge in [-0.25, -0.2) is 4.98 Å². The quantitative estimate of drug-likeness (QED) is 0.856. The van der Waals surface area contributed by atoms with Crippen LogP contribution in [0.3, 0.4) is 0 Å². The number of alkyl halides is 1. The molecule has 0 saturated carbocycles. The molecule has 0 aliphatic rings. The Morgan fingerprint density at radius 2 is 2.11 bits per heavy atom. The van der Waals surface area contributed by atoms with Crippen LogP contribution in [0.5, 0.6) is 0 Å². The van der Waals surface area contributed by atoms with Gasteiger partial charge in [0.25, 0.3) is 0 Å². The highest BCUT2D eigenvalue weighted by Gasteiger charge is 2.06. The summed E-state index contributed by atoms with van der Waals surface area (Å²) in [7, 11) is 0. The third-order valence-electron chi connectivity index (χ3n) is 2.62. The number of carbonyl (C=O) groups excluding carboxylic acids is 1. The Morgan fingerprint density at radius 1 is 1.37 bits per heavy atom. The molecule has 1 heterocycles. The van der Waals surface area contributed by atoms with Gasteiger partial charge in [-0.15, -0.1) is 22.9 Å². The number of benzene rings is 1. The monoisotopic (exact) mass is 294 g/mol. The maximum atomic E-state index is 11.4. The summed E-state index contributed by atoms with van der Waals surface area (Å²) >= 11 is 7.01. The number of amides is 1. The lowest BCUT2D eigenvalue weighted by atomic mass is 10.1. The van der Waals surface area contributed by atoms with E-state index in [9.17, 15) is 4.79 Å². The number of hydrogen-bond donors (Lipinski definition) is 1. The molecule has 0 spiro atoms. The van der Waals surface area contributed by atoms with E-state index in [-0.39, 0.29) is 5.91 Å². The van der Waals surface area contributed by atoms with Crippen molar-refractivity contribution in [3.63, 3.8) is 0 Å². The van der Waals surface area contributed by atoms with Crippen molar-refractivity contribution in [2.24, 2.45) is 0 Å². The zero-order valence-corrected chi connectivity index (χ0v) is 12.2. The van der Waals surface area contributed by atoms with Crippen molar-refractivity contribution >= 4 is 34.0 Å². The van der Waals surface area contributed by atoms with Crippen LogP contribution in [0.15, 0.2) is 30.5 Å². The summed E-state index contributed by atoms with van der Waals surface area (Å²) in [5.74, 6) is 0.235. The highest BCUT2D eigenvalue weighted by molar-refractivity contribution is 7.15. The van der Waals surface area contributed by atoms with E-state index in [1.165, 1.54) is 22.5 Å². The molecule has 1 amide bonds. The second-order valence-corrected chi connectivity index (χ2v) is 5.77. The Bertz CT molecular complexity index is 551. The van der Waals surface area contributed by atoms with Crippen LogP contribution in [0.25, 0.3) is 0 Å². The number of aromatic nitrogens is 1. The molecular formula is C14H15ClN2OS. The predicted octanol–water partition coefficient (Wildman–Crippen LogP) is 3.61. The molecule has 0 atom stereocenters. The maximum absolute atomic E-state index is 11.4. The molecule has 100 valence electrons. The fourth-order valence-electron chi connectivity index (χ4n) is 1.62. The first-order chi connectivity index (χ1) is 9.17. The molecule has 0 fully saturated rings. The molecule has 0 aliphatic heterocycles. The van der Waals surface area contributed by atoms with E-state index >= 15 is 0 Å². The number of rotatable bonds is 5. The van der Waals surface area contributed by atoms with Crippen LogP contribution in [0.4, 0.5) is 5.13 Å². The number of nitrogens with zero attached hydrogens (tertiary/aromatic N) is 1. The van der Waals surface area contributed by atoms with Gasteiger partial charge in [-0.05, 0) is 12.5 Å². The molecule has 0 unspecified atom stereocenters. The standard InChI is InChI=1S/C14H15ClN2OS/c1-10-2-4-11(5-3-10)8-12-9-16-14(19-12)17-13(18)6-7-15/h2-5,9H,6-8H2,1H3,(H,16,17,18). The fraction of sp³-hybridized carbons (Fsp3) is 0.286. The van der Waals surface area contributed by atoms with Gasteiger partial charge in [0.15, 0.2) is 5.13 Å². The van der Waals surface area contributed by atoms with Crippen molar-refractivity contribution in [3.8, 4) is 0 Å². The van der Waals surface area contributed by atoms with E-state index in [4.69, 9.17) is 11.6 Å². The molecular weight excluding hydrogens is 280 g/mol. The van der Waals surface area contributed by atoms with Crippen LogP contribution in [0.1, 0.15) is 22.4 Å². The minimum Gasteiger partial charge on any atom is -0.302 e. The Hall–Kier alpha value is -1.39. The molecule has 1 aromatic carbocycles. The summed E-state index contributed by atoms with van der Waals surface area (Å²) in [6, 6.07) is 8.42. The normalized spacial score (nSPS) is 10.4. The zero-order valence-electron chi connectivity index (χ0n) is 10.6. The topological polar surface area (TPSA) is 42.0 Å². The van der Waals surface area contributed by atoms with Crippen LogP contribution in [-0.2, 0) is 11.2 Å². The van der Waals surface area contributed by atoms with Crippen LogP contribution in [0, 0.1) is 6.92 Å². The van der Waals surface area contributed by atoms with Gasteiger partial charge in [0, 0.05) is 29.8 Å². The number of hydrogen-bond acceptors (Lipinski definition) is 3. The lowest BCUT2D eigenvalue weighted by Gasteiger charge is -1.99. The summed E-state index contributed by atoms with van der Waals surface area (Å²) in [5.41, 5.74) is 2.50. The zero-order chi connectivity index (χ0) is 13.7. The average Bonchev–Trinajstić information content (AvgIpc) is 2.80. The lowest BCUT2D eigenvalue weighted by Crippen LogP contribution is -2.11. The smallest absolute Gasteiger partial charge is 0.227 e. The maximum Gasteiger partial charge on any atom is 0.227 e. The van der Waals surface area contributed by atoms with Gasteiger partial charge in [-0.2, -0.15) is 0 Å². The molecule has 0 aliphatic carbocycles. The second kappa shape index (κ2) is 6.68. The van der Waals surface area contributed by atoms with Crippen molar-refractivity contribution in [1.29, 1.82) is 0 Å². The number of halogens is 1. The van der Waals surface area contributed by atoms with Gasteiger partial charge in [0.05, 0.1) is 0 Å². The molecule has 0 bridgehead atoms. The van der Waals surface area contributed by atoms with Crippen LogP contribution >= 0.6 is 22.9 Å². The Morgan fingerprint density at radius 3 is 2.79 bits per heavy atom. The van der Waals surface area contributed by atoms with Crippen LogP contribution < -0.4 is 5.32 Å². The van der Waals surface area contributed by atoms with Gasteiger partial charge in [-0.1, -0.05) is 29.8 Å². The fourth-order valence-corrected chi connectivity index (χ4v) is 2.66. The first kappa shape index (κ1) is 14.0. The van der Waals surface area contributed by atoms with Crippen molar-refractivity contribution in [3.05, 3.63) is 46.5 Å². The predicted molar refractivity (Wildman–Crippen MR) is 80.1 cm³/mol. The van der Waals surface area contributed by atoms with Crippen LogP contribution in [-0.4, -0.2) is 16.8 Å². The Labute approximate surface area is 121 Å². The molecule has 3 nitrogen and oxygen atoms in total. The number of carbonyl (C=O) groups is 1. The minimum atomic E-state index is -0.0914. The number of anilines is 1. The van der Waals surface area contributed by atoms with Crippen LogP contribution in [0.2, 0.25) is 0 Å². The van der Waals surface area contributed by atoms with E-state index in [1.807, 2.05) is 0 Å². The Balaban J connectivity index is 1.97. The largest absolute Gasteiger partial charge is 0.302 e. The molecule has 1 N–H and O–H groups in total. The second-order valence-electron chi connectivity index (χ2n) is 4.28. The van der Waals surface area contributed by atoms with E-state index in [0.717, 1.165) is 11.3 Å². The van der Waals surface area contributed by atoms with E-state index in [0.29, 0.717) is 17.4 Å². The van der Waals surface area contributed by atoms with E-state index in [1.54, 1.807) is 6.20 Å². The number of aryl methyl sites for hydroxylation is 1. The SMILES string of the molecule is Cc1ccc(Cc2cnc(NC(=O)CCCl)s2)cc1. The van der Waals surface area contributed by atoms with Crippen molar-refractivity contribution < 1.29 is 4.79 Å². The first-order valence-electron chi connectivity index (χ1n) is 6.03.